The Labute approximate surface area is 181 Å². The lowest BCUT2D eigenvalue weighted by molar-refractivity contribution is -0.141. The van der Waals surface area contributed by atoms with Crippen LogP contribution in [-0.4, -0.2) is 48.4 Å². The van der Waals surface area contributed by atoms with Crippen molar-refractivity contribution in [2.75, 3.05) is 6.54 Å². The minimum atomic E-state index is -4.53. The molecule has 164 valence electrons. The summed E-state index contributed by atoms with van der Waals surface area (Å²) in [5.74, 6) is -0.247. The van der Waals surface area contributed by atoms with Crippen LogP contribution >= 0.6 is 11.6 Å². The molecule has 0 N–H and O–H groups in total. The van der Waals surface area contributed by atoms with Crippen LogP contribution in [0.1, 0.15) is 42.0 Å². The molecule has 0 spiro atoms. The Morgan fingerprint density at radius 1 is 1.19 bits per heavy atom. The van der Waals surface area contributed by atoms with Crippen molar-refractivity contribution in [3.8, 4) is 5.69 Å². The van der Waals surface area contributed by atoms with Crippen molar-refractivity contribution in [1.82, 2.24) is 29.9 Å². The topological polar surface area (TPSA) is 76.8 Å². The number of nitrogens with zero attached hydrogens (tertiary/aromatic N) is 6. The Morgan fingerprint density at radius 3 is 2.48 bits per heavy atom. The second-order valence-electron chi connectivity index (χ2n) is 6.85. The molecule has 0 unspecified atom stereocenters. The van der Waals surface area contributed by atoms with Crippen molar-refractivity contribution in [1.29, 1.82) is 0 Å². The van der Waals surface area contributed by atoms with E-state index in [0.717, 1.165) is 12.4 Å². The summed E-state index contributed by atoms with van der Waals surface area (Å²) < 4.78 is 37.9. The quantitative estimate of drug-likeness (QED) is 0.536. The molecular formula is C20H20ClF3N6O. The summed E-state index contributed by atoms with van der Waals surface area (Å²) in [4.78, 5) is 23.6. The maximum absolute atomic E-state index is 13.3. The van der Waals surface area contributed by atoms with E-state index in [1.807, 2.05) is 13.8 Å². The molecule has 7 nitrogen and oxygen atoms in total. The van der Waals surface area contributed by atoms with E-state index < -0.39 is 11.9 Å². The fourth-order valence-corrected chi connectivity index (χ4v) is 3.32. The second kappa shape index (κ2) is 9.42. The number of rotatable bonds is 7. The Balaban J connectivity index is 1.74. The van der Waals surface area contributed by atoms with Crippen LogP contribution in [0.4, 0.5) is 13.2 Å². The van der Waals surface area contributed by atoms with E-state index in [9.17, 15) is 18.0 Å². The van der Waals surface area contributed by atoms with Crippen LogP contribution in [0, 0.1) is 0 Å². The van der Waals surface area contributed by atoms with E-state index in [0.29, 0.717) is 41.4 Å². The smallest absolute Gasteiger partial charge is 0.336 e. The van der Waals surface area contributed by atoms with Gasteiger partial charge < -0.3 is 4.90 Å². The average Bonchev–Trinajstić information content (AvgIpc) is 3.27. The first-order valence-electron chi connectivity index (χ1n) is 9.56. The van der Waals surface area contributed by atoms with Gasteiger partial charge >= 0.3 is 6.18 Å². The SMILES string of the molecule is CCN(C(=O)c1cc(Cl)ccc1-n1nccn1)[C@@H](C)CCc1cnc(C(F)(F)F)cn1. The van der Waals surface area contributed by atoms with Crippen molar-refractivity contribution in [2.24, 2.45) is 0 Å². The third-order valence-corrected chi connectivity index (χ3v) is 5.01. The van der Waals surface area contributed by atoms with Gasteiger partial charge in [0.1, 0.15) is 0 Å². The number of benzene rings is 1. The highest BCUT2D eigenvalue weighted by Crippen LogP contribution is 2.27. The molecular weight excluding hydrogens is 433 g/mol. The van der Waals surface area contributed by atoms with Crippen LogP contribution in [0.2, 0.25) is 5.02 Å². The van der Waals surface area contributed by atoms with Gasteiger partial charge in [0.25, 0.3) is 5.91 Å². The van der Waals surface area contributed by atoms with Crippen LogP contribution in [0.5, 0.6) is 0 Å². The van der Waals surface area contributed by atoms with Crippen LogP contribution in [0.15, 0.2) is 43.0 Å². The predicted molar refractivity (Wildman–Crippen MR) is 108 cm³/mol. The normalized spacial score (nSPS) is 12.6. The molecule has 1 aromatic carbocycles. The van der Waals surface area contributed by atoms with Gasteiger partial charge in [0.15, 0.2) is 5.69 Å². The number of hydrogen-bond donors (Lipinski definition) is 0. The molecule has 2 heterocycles. The number of alkyl halides is 3. The minimum absolute atomic E-state index is 0.209. The monoisotopic (exact) mass is 452 g/mol. The fraction of sp³-hybridized carbons (Fsp3) is 0.350. The molecule has 0 saturated heterocycles. The Hall–Kier alpha value is -3.01. The third-order valence-electron chi connectivity index (χ3n) is 4.77. The van der Waals surface area contributed by atoms with Gasteiger partial charge in [-0.15, -0.1) is 0 Å². The number of hydrogen-bond acceptors (Lipinski definition) is 5. The molecule has 0 radical (unpaired) electrons. The van der Waals surface area contributed by atoms with Gasteiger partial charge in [-0.05, 0) is 44.9 Å². The van der Waals surface area contributed by atoms with E-state index in [1.165, 1.54) is 17.2 Å². The lowest BCUT2D eigenvalue weighted by Gasteiger charge is -2.29. The first-order valence-corrected chi connectivity index (χ1v) is 9.93. The zero-order valence-corrected chi connectivity index (χ0v) is 17.6. The summed E-state index contributed by atoms with van der Waals surface area (Å²) in [6.45, 7) is 4.15. The number of halogens is 4. The van der Waals surface area contributed by atoms with Crippen molar-refractivity contribution >= 4 is 17.5 Å². The van der Waals surface area contributed by atoms with Crippen LogP contribution in [0.3, 0.4) is 0 Å². The maximum atomic E-state index is 13.3. The molecule has 0 aliphatic rings. The van der Waals surface area contributed by atoms with Gasteiger partial charge in [-0.3, -0.25) is 9.78 Å². The van der Waals surface area contributed by atoms with Crippen molar-refractivity contribution in [3.05, 3.63) is 65.0 Å². The Morgan fingerprint density at radius 2 is 1.90 bits per heavy atom. The molecule has 11 heteroatoms. The fourth-order valence-electron chi connectivity index (χ4n) is 3.15. The molecule has 3 rings (SSSR count). The molecule has 1 atom stereocenters. The first kappa shape index (κ1) is 22.7. The molecule has 0 fully saturated rings. The van der Waals surface area contributed by atoms with Crippen molar-refractivity contribution in [2.45, 2.75) is 38.9 Å². The van der Waals surface area contributed by atoms with Crippen LogP contribution < -0.4 is 0 Å². The average molecular weight is 453 g/mol. The largest absolute Gasteiger partial charge is 0.434 e. The number of aromatic nitrogens is 5. The van der Waals surface area contributed by atoms with Gasteiger partial charge in [0.2, 0.25) is 0 Å². The maximum Gasteiger partial charge on any atom is 0.434 e. The number of carbonyl (C=O) groups is 1. The number of carbonyl (C=O) groups excluding carboxylic acids is 1. The van der Waals surface area contributed by atoms with Gasteiger partial charge in [0.05, 0.1) is 35.5 Å². The van der Waals surface area contributed by atoms with Gasteiger partial charge in [-0.2, -0.15) is 28.2 Å². The first-order chi connectivity index (χ1) is 14.7. The van der Waals surface area contributed by atoms with E-state index >= 15 is 0 Å². The van der Waals surface area contributed by atoms with E-state index in [1.54, 1.807) is 23.1 Å². The van der Waals surface area contributed by atoms with Crippen LogP contribution in [0.25, 0.3) is 5.69 Å². The summed E-state index contributed by atoms with van der Waals surface area (Å²) >= 11 is 6.12. The summed E-state index contributed by atoms with van der Waals surface area (Å²) in [6, 6.07) is 4.68. The molecule has 31 heavy (non-hydrogen) atoms. The third kappa shape index (κ3) is 5.38. The summed E-state index contributed by atoms with van der Waals surface area (Å²) in [5.41, 5.74) is 0.244. The van der Waals surface area contributed by atoms with E-state index in [-0.39, 0.29) is 11.9 Å². The Kier molecular flexibility index (Phi) is 6.89. The van der Waals surface area contributed by atoms with Crippen molar-refractivity contribution < 1.29 is 18.0 Å². The molecule has 0 saturated carbocycles. The van der Waals surface area contributed by atoms with E-state index in [2.05, 4.69) is 20.2 Å². The molecule has 0 aliphatic carbocycles. The summed E-state index contributed by atoms with van der Waals surface area (Å²) in [6.07, 6.45) is 1.20. The van der Waals surface area contributed by atoms with Gasteiger partial charge in [-0.25, -0.2) is 4.98 Å². The van der Waals surface area contributed by atoms with E-state index in [4.69, 9.17) is 11.6 Å². The number of aryl methyl sites for hydroxylation is 1. The lowest BCUT2D eigenvalue weighted by Crippen LogP contribution is -2.39. The number of amides is 1. The predicted octanol–water partition coefficient (Wildman–Crippen LogP) is 4.21. The lowest BCUT2D eigenvalue weighted by atomic mass is 10.1. The molecule has 3 aromatic rings. The highest BCUT2D eigenvalue weighted by atomic mass is 35.5. The Bertz CT molecular complexity index is 1020. The zero-order valence-electron chi connectivity index (χ0n) is 16.8. The zero-order chi connectivity index (χ0) is 22.6. The highest BCUT2D eigenvalue weighted by molar-refractivity contribution is 6.31. The minimum Gasteiger partial charge on any atom is -0.336 e. The highest BCUT2D eigenvalue weighted by Gasteiger charge is 2.32. The van der Waals surface area contributed by atoms with Gasteiger partial charge in [0, 0.05) is 23.8 Å². The molecule has 1 amide bonds. The molecule has 2 aromatic heterocycles. The van der Waals surface area contributed by atoms with Crippen molar-refractivity contribution in [3.63, 3.8) is 0 Å². The van der Waals surface area contributed by atoms with Crippen LogP contribution in [-0.2, 0) is 12.6 Å². The molecule has 0 bridgehead atoms. The second-order valence-corrected chi connectivity index (χ2v) is 7.29. The summed E-state index contributed by atoms with van der Waals surface area (Å²) in [5, 5.41) is 8.58. The summed E-state index contributed by atoms with van der Waals surface area (Å²) in [7, 11) is 0. The standard InChI is InChI=1S/C20H20ClF3N6O/c1-3-29(13(2)4-6-15-11-26-18(12-25-15)20(22,23)24)19(31)16-10-14(21)5-7-17(16)30-27-8-9-28-30/h5,7-13H,3-4,6H2,1-2H3/t13-/m0/s1. The molecule has 0 aliphatic heterocycles. The van der Waals surface area contributed by atoms with Gasteiger partial charge in [-0.1, -0.05) is 11.6 Å².